The van der Waals surface area contributed by atoms with Gasteiger partial charge in [-0.1, -0.05) is 50.1 Å². The molecule has 4 rings (SSSR count). The molecular formula is C24H27FN4O2. The highest BCUT2D eigenvalue weighted by atomic mass is 19.1. The monoisotopic (exact) mass is 422 g/mol. The predicted octanol–water partition coefficient (Wildman–Crippen LogP) is 3.69. The second-order valence-electron chi connectivity index (χ2n) is 7.86. The second kappa shape index (κ2) is 9.29. The van der Waals surface area contributed by atoms with Crippen molar-refractivity contribution in [3.63, 3.8) is 0 Å². The third kappa shape index (κ3) is 4.31. The van der Waals surface area contributed by atoms with Gasteiger partial charge < -0.3 is 9.80 Å². The minimum absolute atomic E-state index is 0.160. The number of fused-ring (bicyclic) bond motifs is 1. The minimum Gasteiger partial charge on any atom is -0.366 e. The topological polar surface area (TPSA) is 58.4 Å². The number of halogens is 1. The molecule has 6 nitrogen and oxygen atoms in total. The molecular weight excluding hydrogens is 395 g/mol. The van der Waals surface area contributed by atoms with Gasteiger partial charge in [0.05, 0.1) is 11.1 Å². The molecule has 2 aromatic carbocycles. The van der Waals surface area contributed by atoms with Crippen molar-refractivity contribution >= 4 is 22.4 Å². The van der Waals surface area contributed by atoms with E-state index < -0.39 is 0 Å². The van der Waals surface area contributed by atoms with Crippen molar-refractivity contribution < 1.29 is 9.18 Å². The number of hydrogen-bond donors (Lipinski definition) is 0. The molecule has 1 amide bonds. The van der Waals surface area contributed by atoms with E-state index in [4.69, 9.17) is 0 Å². The van der Waals surface area contributed by atoms with Crippen molar-refractivity contribution in [2.45, 2.75) is 32.7 Å². The highest BCUT2D eigenvalue weighted by molar-refractivity contribution is 6.04. The summed E-state index contributed by atoms with van der Waals surface area (Å²) in [6, 6.07) is 13.8. The Bertz CT molecular complexity index is 1140. The molecule has 1 aliphatic heterocycles. The summed E-state index contributed by atoms with van der Waals surface area (Å²) >= 11 is 0. The Hall–Kier alpha value is -3.22. The summed E-state index contributed by atoms with van der Waals surface area (Å²) in [5, 5.41) is 5.58. The zero-order valence-corrected chi connectivity index (χ0v) is 17.8. The van der Waals surface area contributed by atoms with E-state index in [-0.39, 0.29) is 17.3 Å². The largest absolute Gasteiger partial charge is 0.366 e. The Morgan fingerprint density at radius 2 is 1.65 bits per heavy atom. The molecule has 1 saturated heterocycles. The molecule has 0 unspecified atom stereocenters. The number of para-hydroxylation sites is 1. The van der Waals surface area contributed by atoms with Crippen LogP contribution in [0.15, 0.2) is 53.3 Å². The summed E-state index contributed by atoms with van der Waals surface area (Å²) < 4.78 is 15.5. The van der Waals surface area contributed by atoms with E-state index in [1.54, 1.807) is 29.2 Å². The van der Waals surface area contributed by atoms with E-state index in [0.717, 1.165) is 19.3 Å². The van der Waals surface area contributed by atoms with Crippen molar-refractivity contribution in [3.05, 3.63) is 70.4 Å². The number of rotatable bonds is 6. The van der Waals surface area contributed by atoms with Gasteiger partial charge in [0.1, 0.15) is 5.82 Å². The molecule has 1 fully saturated rings. The van der Waals surface area contributed by atoms with Gasteiger partial charge in [0.2, 0.25) is 0 Å². The number of aryl methyl sites for hydroxylation is 1. The van der Waals surface area contributed by atoms with Crippen LogP contribution in [0.5, 0.6) is 0 Å². The van der Waals surface area contributed by atoms with Gasteiger partial charge in [0.15, 0.2) is 5.69 Å². The van der Waals surface area contributed by atoms with Crippen LogP contribution in [0.2, 0.25) is 0 Å². The van der Waals surface area contributed by atoms with Crippen LogP contribution in [0.1, 0.15) is 36.7 Å². The summed E-state index contributed by atoms with van der Waals surface area (Å²) in [4.78, 5) is 29.9. The summed E-state index contributed by atoms with van der Waals surface area (Å²) in [5.41, 5.74) is 0.710. The van der Waals surface area contributed by atoms with E-state index in [1.807, 2.05) is 23.1 Å². The lowest BCUT2D eigenvalue weighted by molar-refractivity contribution is 0.0740. The van der Waals surface area contributed by atoms with Crippen LogP contribution < -0.4 is 10.5 Å². The molecule has 3 aromatic rings. The van der Waals surface area contributed by atoms with Crippen LogP contribution in [-0.4, -0.2) is 46.8 Å². The fourth-order valence-corrected chi connectivity index (χ4v) is 4.06. The fraction of sp³-hybridized carbons (Fsp3) is 0.375. The zero-order valence-electron chi connectivity index (χ0n) is 17.8. The van der Waals surface area contributed by atoms with E-state index >= 15 is 0 Å². The van der Waals surface area contributed by atoms with Gasteiger partial charge in [0, 0.05) is 38.1 Å². The Balaban J connectivity index is 1.58. The van der Waals surface area contributed by atoms with E-state index in [0.29, 0.717) is 54.9 Å². The van der Waals surface area contributed by atoms with Crippen LogP contribution in [0.25, 0.3) is 10.8 Å². The fourth-order valence-electron chi connectivity index (χ4n) is 4.06. The quantitative estimate of drug-likeness (QED) is 0.569. The smallest absolute Gasteiger partial charge is 0.275 e. The van der Waals surface area contributed by atoms with Gasteiger partial charge in [-0.3, -0.25) is 9.59 Å². The molecule has 0 atom stereocenters. The average molecular weight is 423 g/mol. The third-order valence-electron chi connectivity index (χ3n) is 5.80. The minimum atomic E-state index is -0.255. The SMILES string of the molecule is CCCCCn1nc(C(=O)N2CCN(c3ccccc3F)CC2)c2ccccc2c1=O. The molecule has 0 saturated carbocycles. The lowest BCUT2D eigenvalue weighted by Gasteiger charge is -2.36. The highest BCUT2D eigenvalue weighted by Crippen LogP contribution is 2.22. The van der Waals surface area contributed by atoms with Gasteiger partial charge in [0.25, 0.3) is 11.5 Å². The van der Waals surface area contributed by atoms with Crippen LogP contribution in [0, 0.1) is 5.82 Å². The molecule has 0 bridgehead atoms. The number of anilines is 1. The number of aromatic nitrogens is 2. The molecule has 31 heavy (non-hydrogen) atoms. The van der Waals surface area contributed by atoms with Crippen molar-refractivity contribution in [2.75, 3.05) is 31.1 Å². The maximum Gasteiger partial charge on any atom is 0.275 e. The normalized spacial score (nSPS) is 14.3. The van der Waals surface area contributed by atoms with Crippen molar-refractivity contribution in [1.82, 2.24) is 14.7 Å². The van der Waals surface area contributed by atoms with Crippen molar-refractivity contribution in [1.29, 1.82) is 0 Å². The number of amides is 1. The molecule has 7 heteroatoms. The first-order valence-corrected chi connectivity index (χ1v) is 10.9. The number of piperazine rings is 1. The number of unbranched alkanes of at least 4 members (excludes halogenated alkanes) is 2. The van der Waals surface area contributed by atoms with E-state index in [1.165, 1.54) is 10.7 Å². The van der Waals surface area contributed by atoms with Crippen molar-refractivity contribution in [2.24, 2.45) is 0 Å². The standard InChI is InChI=1S/C24H27FN4O2/c1-2-3-8-13-29-23(30)19-10-5-4-9-18(19)22(26-29)24(31)28-16-14-27(15-17-28)21-12-7-6-11-20(21)25/h4-7,9-12H,2-3,8,13-17H2,1H3. The van der Waals surface area contributed by atoms with Crippen LogP contribution in [0.4, 0.5) is 10.1 Å². The van der Waals surface area contributed by atoms with E-state index in [2.05, 4.69) is 12.0 Å². The number of hydrogen-bond acceptors (Lipinski definition) is 4. The lowest BCUT2D eigenvalue weighted by Crippen LogP contribution is -2.49. The summed E-state index contributed by atoms with van der Waals surface area (Å²) in [6.45, 7) is 4.63. The maximum absolute atomic E-state index is 14.1. The summed E-state index contributed by atoms with van der Waals surface area (Å²) in [7, 11) is 0. The molecule has 0 radical (unpaired) electrons. The molecule has 1 aromatic heterocycles. The van der Waals surface area contributed by atoms with Crippen LogP contribution >= 0.6 is 0 Å². The number of benzene rings is 2. The molecule has 0 N–H and O–H groups in total. The zero-order chi connectivity index (χ0) is 21.8. The first-order valence-electron chi connectivity index (χ1n) is 10.9. The Kier molecular flexibility index (Phi) is 6.30. The van der Waals surface area contributed by atoms with Crippen LogP contribution in [-0.2, 0) is 6.54 Å². The maximum atomic E-state index is 14.1. The molecule has 1 aliphatic rings. The highest BCUT2D eigenvalue weighted by Gasteiger charge is 2.26. The van der Waals surface area contributed by atoms with E-state index in [9.17, 15) is 14.0 Å². The van der Waals surface area contributed by atoms with Crippen molar-refractivity contribution in [3.8, 4) is 0 Å². The summed E-state index contributed by atoms with van der Waals surface area (Å²) in [5.74, 6) is -0.442. The Morgan fingerprint density at radius 1 is 0.968 bits per heavy atom. The Morgan fingerprint density at radius 3 is 2.35 bits per heavy atom. The summed E-state index contributed by atoms with van der Waals surface area (Å²) in [6.07, 6.45) is 2.89. The molecule has 162 valence electrons. The first-order chi connectivity index (χ1) is 15.1. The average Bonchev–Trinajstić information content (AvgIpc) is 2.81. The lowest BCUT2D eigenvalue weighted by atomic mass is 10.1. The van der Waals surface area contributed by atoms with Gasteiger partial charge in [-0.15, -0.1) is 0 Å². The molecule has 2 heterocycles. The number of carbonyl (C=O) groups excluding carboxylic acids is 1. The second-order valence-corrected chi connectivity index (χ2v) is 7.86. The Labute approximate surface area is 180 Å². The van der Waals surface area contributed by atoms with Gasteiger partial charge in [-0.25, -0.2) is 9.07 Å². The van der Waals surface area contributed by atoms with Gasteiger partial charge >= 0.3 is 0 Å². The molecule has 0 aliphatic carbocycles. The van der Waals surface area contributed by atoms with Crippen LogP contribution in [0.3, 0.4) is 0 Å². The first kappa shape index (κ1) is 21.0. The molecule has 0 spiro atoms. The van der Waals surface area contributed by atoms with Gasteiger partial charge in [-0.05, 0) is 24.6 Å². The predicted molar refractivity (Wildman–Crippen MR) is 120 cm³/mol. The van der Waals surface area contributed by atoms with Gasteiger partial charge in [-0.2, -0.15) is 5.10 Å². The third-order valence-corrected chi connectivity index (χ3v) is 5.80. The number of carbonyl (C=O) groups is 1. The number of nitrogens with zero attached hydrogens (tertiary/aromatic N) is 4.